The van der Waals surface area contributed by atoms with Gasteiger partial charge in [-0.1, -0.05) is 0 Å². The van der Waals surface area contributed by atoms with Crippen molar-refractivity contribution >= 4 is 29.3 Å². The van der Waals surface area contributed by atoms with E-state index >= 15 is 0 Å². The normalized spacial score (nSPS) is 9.65. The number of carbonyl (C=O) groups is 2. The SMILES string of the molecule is CCN(CCO)C(=O)C(=O)Nc1ccc(SC#N)cc1. The second kappa shape index (κ2) is 8.19. The Morgan fingerprint density at radius 3 is 2.55 bits per heavy atom. The third kappa shape index (κ3) is 4.57. The van der Waals surface area contributed by atoms with Gasteiger partial charge in [0.2, 0.25) is 0 Å². The number of anilines is 1. The predicted molar refractivity (Wildman–Crippen MR) is 75.9 cm³/mol. The maximum atomic E-state index is 11.8. The number of thioether (sulfide) groups is 1. The van der Waals surface area contributed by atoms with Crippen molar-refractivity contribution in [1.29, 1.82) is 5.26 Å². The van der Waals surface area contributed by atoms with Gasteiger partial charge in [0.05, 0.1) is 6.61 Å². The third-order valence-electron chi connectivity index (χ3n) is 2.51. The molecule has 7 heteroatoms. The number of hydrogen-bond donors (Lipinski definition) is 2. The summed E-state index contributed by atoms with van der Waals surface area (Å²) < 4.78 is 0. The summed E-state index contributed by atoms with van der Waals surface area (Å²) >= 11 is 1.01. The Morgan fingerprint density at radius 2 is 2.05 bits per heavy atom. The van der Waals surface area contributed by atoms with Gasteiger partial charge in [-0.15, -0.1) is 0 Å². The highest BCUT2D eigenvalue weighted by molar-refractivity contribution is 8.03. The molecule has 0 aliphatic heterocycles. The van der Waals surface area contributed by atoms with Crippen LogP contribution >= 0.6 is 11.8 Å². The molecule has 6 nitrogen and oxygen atoms in total. The summed E-state index contributed by atoms with van der Waals surface area (Å²) in [5.74, 6) is -1.43. The van der Waals surface area contributed by atoms with Crippen LogP contribution in [0.15, 0.2) is 29.2 Å². The van der Waals surface area contributed by atoms with Gasteiger partial charge in [0.15, 0.2) is 0 Å². The second-order valence-corrected chi connectivity index (χ2v) is 4.64. The first-order chi connectivity index (χ1) is 9.62. The number of nitriles is 1. The molecule has 0 saturated carbocycles. The van der Waals surface area contributed by atoms with Crippen LogP contribution in [0.25, 0.3) is 0 Å². The van der Waals surface area contributed by atoms with Crippen LogP contribution < -0.4 is 5.32 Å². The predicted octanol–water partition coefficient (Wildman–Crippen LogP) is 1.04. The Hall–Kier alpha value is -2.04. The molecule has 0 aliphatic carbocycles. The molecule has 1 rings (SSSR count). The highest BCUT2D eigenvalue weighted by Crippen LogP contribution is 2.18. The first kappa shape index (κ1) is 16.0. The number of carbonyl (C=O) groups excluding carboxylic acids is 2. The number of amides is 2. The van der Waals surface area contributed by atoms with Gasteiger partial charge >= 0.3 is 11.8 Å². The molecule has 0 fully saturated rings. The maximum absolute atomic E-state index is 11.8. The molecule has 0 aromatic heterocycles. The first-order valence-electron chi connectivity index (χ1n) is 5.99. The Labute approximate surface area is 121 Å². The smallest absolute Gasteiger partial charge is 0.313 e. The van der Waals surface area contributed by atoms with Crippen LogP contribution in [0.5, 0.6) is 0 Å². The fraction of sp³-hybridized carbons (Fsp3) is 0.308. The number of aliphatic hydroxyl groups excluding tert-OH is 1. The summed E-state index contributed by atoms with van der Waals surface area (Å²) in [7, 11) is 0. The number of likely N-dealkylation sites (N-methyl/N-ethyl adjacent to an activating group) is 1. The van der Waals surface area contributed by atoms with Crippen molar-refractivity contribution < 1.29 is 14.7 Å². The molecular weight excluding hydrogens is 278 g/mol. The number of thiocyanates is 1. The lowest BCUT2D eigenvalue weighted by Gasteiger charge is -2.18. The van der Waals surface area contributed by atoms with Gasteiger partial charge in [0, 0.05) is 23.7 Å². The molecule has 2 amide bonds. The molecule has 0 aliphatic rings. The Balaban J connectivity index is 2.65. The standard InChI is InChI=1S/C13H15N3O3S/c1-2-16(7-8-17)13(19)12(18)15-10-3-5-11(6-4-10)20-9-14/h3-6,17H,2,7-8H2,1H3,(H,15,18). The molecule has 106 valence electrons. The molecular formula is C13H15N3O3S. The second-order valence-electron chi connectivity index (χ2n) is 3.78. The van der Waals surface area contributed by atoms with Crippen LogP contribution in [0.2, 0.25) is 0 Å². The zero-order chi connectivity index (χ0) is 15.0. The largest absolute Gasteiger partial charge is 0.395 e. The van der Waals surface area contributed by atoms with Crippen LogP contribution in [-0.4, -0.2) is 41.5 Å². The van der Waals surface area contributed by atoms with Crippen molar-refractivity contribution in [3.05, 3.63) is 24.3 Å². The van der Waals surface area contributed by atoms with E-state index in [9.17, 15) is 9.59 Å². The average Bonchev–Trinajstić information content (AvgIpc) is 2.46. The van der Waals surface area contributed by atoms with Crippen LogP contribution in [0.4, 0.5) is 5.69 Å². The van der Waals surface area contributed by atoms with Crippen LogP contribution in [0, 0.1) is 10.7 Å². The summed E-state index contributed by atoms with van der Waals surface area (Å²) in [4.78, 5) is 25.6. The molecule has 2 N–H and O–H groups in total. The Bertz CT molecular complexity index is 511. The van der Waals surface area contributed by atoms with Gasteiger partial charge < -0.3 is 15.3 Å². The van der Waals surface area contributed by atoms with E-state index in [-0.39, 0.29) is 13.2 Å². The third-order valence-corrected chi connectivity index (χ3v) is 3.11. The molecule has 0 atom stereocenters. The molecule has 20 heavy (non-hydrogen) atoms. The number of nitrogens with one attached hydrogen (secondary N) is 1. The maximum Gasteiger partial charge on any atom is 0.313 e. The molecule has 0 heterocycles. The topological polar surface area (TPSA) is 93.4 Å². The van der Waals surface area contributed by atoms with Crippen molar-refractivity contribution in [1.82, 2.24) is 4.90 Å². The van der Waals surface area contributed by atoms with Gasteiger partial charge in [-0.3, -0.25) is 9.59 Å². The molecule has 1 aromatic rings. The van der Waals surface area contributed by atoms with Crippen LogP contribution in [0.1, 0.15) is 6.92 Å². The fourth-order valence-electron chi connectivity index (χ4n) is 1.51. The summed E-state index contributed by atoms with van der Waals surface area (Å²) in [5, 5.41) is 21.8. The van der Waals surface area contributed by atoms with Crippen LogP contribution in [-0.2, 0) is 9.59 Å². The Morgan fingerprint density at radius 1 is 1.40 bits per heavy atom. The number of nitrogens with zero attached hydrogens (tertiary/aromatic N) is 2. The summed E-state index contributed by atoms with van der Waals surface area (Å²) in [6, 6.07) is 6.60. The van der Waals surface area contributed by atoms with Gasteiger partial charge in [0.25, 0.3) is 0 Å². The van der Waals surface area contributed by atoms with Gasteiger partial charge in [0.1, 0.15) is 5.40 Å². The summed E-state index contributed by atoms with van der Waals surface area (Å²) in [6.45, 7) is 2.02. The van der Waals surface area contributed by atoms with Crippen molar-refractivity contribution in [2.45, 2.75) is 11.8 Å². The molecule has 0 spiro atoms. The zero-order valence-corrected chi connectivity index (χ0v) is 11.8. The highest BCUT2D eigenvalue weighted by atomic mass is 32.2. The van der Waals surface area contributed by atoms with E-state index in [4.69, 9.17) is 10.4 Å². The minimum absolute atomic E-state index is 0.125. The molecule has 0 saturated heterocycles. The number of rotatable bonds is 5. The van der Waals surface area contributed by atoms with Crippen LogP contribution in [0.3, 0.4) is 0 Å². The molecule has 0 bridgehead atoms. The lowest BCUT2D eigenvalue weighted by molar-refractivity contribution is -0.143. The number of aliphatic hydroxyl groups is 1. The molecule has 0 unspecified atom stereocenters. The summed E-state index contributed by atoms with van der Waals surface area (Å²) in [5.41, 5.74) is 0.477. The van der Waals surface area contributed by atoms with Gasteiger partial charge in [-0.2, -0.15) is 5.26 Å². The number of hydrogen-bond acceptors (Lipinski definition) is 5. The van der Waals surface area contributed by atoms with Crippen molar-refractivity contribution in [2.24, 2.45) is 0 Å². The van der Waals surface area contributed by atoms with E-state index < -0.39 is 11.8 Å². The highest BCUT2D eigenvalue weighted by Gasteiger charge is 2.20. The van der Waals surface area contributed by atoms with Gasteiger partial charge in [-0.05, 0) is 43.0 Å². The monoisotopic (exact) mass is 293 g/mol. The lowest BCUT2D eigenvalue weighted by atomic mass is 10.3. The van der Waals surface area contributed by atoms with E-state index in [1.165, 1.54) is 4.90 Å². The minimum Gasteiger partial charge on any atom is -0.395 e. The average molecular weight is 293 g/mol. The summed E-state index contributed by atoms with van der Waals surface area (Å²) in [6.07, 6.45) is 0. The minimum atomic E-state index is -0.749. The zero-order valence-electron chi connectivity index (χ0n) is 11.0. The van der Waals surface area contributed by atoms with Crippen molar-refractivity contribution in [2.75, 3.05) is 25.0 Å². The fourth-order valence-corrected chi connectivity index (χ4v) is 1.89. The Kier molecular flexibility index (Phi) is 6.56. The molecule has 0 radical (unpaired) electrons. The molecule has 1 aromatic carbocycles. The lowest BCUT2D eigenvalue weighted by Crippen LogP contribution is -2.41. The van der Waals surface area contributed by atoms with E-state index in [0.29, 0.717) is 12.2 Å². The van der Waals surface area contributed by atoms with E-state index in [1.807, 2.05) is 5.40 Å². The quantitative estimate of drug-likeness (QED) is 0.480. The first-order valence-corrected chi connectivity index (χ1v) is 6.81. The number of benzene rings is 1. The van der Waals surface area contributed by atoms with E-state index in [2.05, 4.69) is 5.32 Å². The van der Waals surface area contributed by atoms with Gasteiger partial charge in [-0.25, -0.2) is 0 Å². The van der Waals surface area contributed by atoms with Crippen molar-refractivity contribution in [3.8, 4) is 5.40 Å². The van der Waals surface area contributed by atoms with Crippen molar-refractivity contribution in [3.63, 3.8) is 0 Å². The van der Waals surface area contributed by atoms with E-state index in [1.54, 1.807) is 31.2 Å². The van der Waals surface area contributed by atoms with E-state index in [0.717, 1.165) is 16.7 Å².